The molecule has 0 aliphatic carbocycles. The molecular formula is C22H28N8. The van der Waals surface area contributed by atoms with Crippen LogP contribution in [-0.4, -0.2) is 63.6 Å². The third-order valence-electron chi connectivity index (χ3n) is 5.34. The van der Waals surface area contributed by atoms with Crippen LogP contribution in [0, 0.1) is 6.92 Å². The van der Waals surface area contributed by atoms with Crippen molar-refractivity contribution in [2.75, 3.05) is 38.1 Å². The van der Waals surface area contributed by atoms with E-state index in [4.69, 9.17) is 0 Å². The number of hydrogen-bond donors (Lipinski definition) is 1. The highest BCUT2D eigenvalue weighted by Gasteiger charge is 2.21. The fraction of sp³-hybridized carbons (Fsp3) is 0.364. The molecular weight excluding hydrogens is 376 g/mol. The van der Waals surface area contributed by atoms with Crippen LogP contribution in [0.25, 0.3) is 0 Å². The fourth-order valence-corrected chi connectivity index (χ4v) is 3.69. The summed E-state index contributed by atoms with van der Waals surface area (Å²) in [5, 5.41) is 3.51. The van der Waals surface area contributed by atoms with Crippen LogP contribution in [0.2, 0.25) is 0 Å². The van der Waals surface area contributed by atoms with E-state index >= 15 is 0 Å². The number of benzene rings is 1. The van der Waals surface area contributed by atoms with Gasteiger partial charge in [-0.2, -0.15) is 0 Å². The highest BCUT2D eigenvalue weighted by atomic mass is 15.4. The highest BCUT2D eigenvalue weighted by Crippen LogP contribution is 2.11. The summed E-state index contributed by atoms with van der Waals surface area (Å²) in [4.78, 5) is 22.0. The molecule has 30 heavy (non-hydrogen) atoms. The van der Waals surface area contributed by atoms with Crippen molar-refractivity contribution in [2.24, 2.45) is 4.99 Å². The zero-order chi connectivity index (χ0) is 20.8. The van der Waals surface area contributed by atoms with E-state index in [1.807, 2.05) is 32.4 Å². The molecule has 1 fully saturated rings. The van der Waals surface area contributed by atoms with Gasteiger partial charge in [-0.25, -0.2) is 15.0 Å². The third-order valence-corrected chi connectivity index (χ3v) is 5.34. The molecule has 8 nitrogen and oxygen atoms in total. The molecule has 156 valence electrons. The first-order valence-corrected chi connectivity index (χ1v) is 10.3. The van der Waals surface area contributed by atoms with Gasteiger partial charge in [0, 0.05) is 71.1 Å². The van der Waals surface area contributed by atoms with E-state index in [9.17, 15) is 0 Å². The van der Waals surface area contributed by atoms with E-state index < -0.39 is 0 Å². The molecule has 0 saturated carbocycles. The Kier molecular flexibility index (Phi) is 6.22. The summed E-state index contributed by atoms with van der Waals surface area (Å²) >= 11 is 0. The second-order valence-electron chi connectivity index (χ2n) is 7.35. The van der Waals surface area contributed by atoms with Gasteiger partial charge >= 0.3 is 0 Å². The molecule has 0 atom stereocenters. The molecule has 0 amide bonds. The Bertz CT molecular complexity index is 974. The maximum absolute atomic E-state index is 4.49. The molecule has 1 saturated heterocycles. The summed E-state index contributed by atoms with van der Waals surface area (Å²) in [5.41, 5.74) is 2.50. The molecule has 2 aromatic heterocycles. The average molecular weight is 405 g/mol. The SMILES string of the molecule is CN=C(NCc1cccc(Cn2ccnc2C)c1)N1CCN(c2ncccn2)CC1. The number of nitrogens with one attached hydrogen (secondary N) is 1. The Morgan fingerprint density at radius 1 is 1.00 bits per heavy atom. The van der Waals surface area contributed by atoms with Gasteiger partial charge in [0.05, 0.1) is 0 Å². The summed E-state index contributed by atoms with van der Waals surface area (Å²) in [6.07, 6.45) is 7.44. The minimum Gasteiger partial charge on any atom is -0.352 e. The Balaban J connectivity index is 1.32. The molecule has 0 bridgehead atoms. The van der Waals surface area contributed by atoms with Gasteiger partial charge < -0.3 is 19.7 Å². The topological polar surface area (TPSA) is 74.5 Å². The van der Waals surface area contributed by atoms with Crippen LogP contribution >= 0.6 is 0 Å². The van der Waals surface area contributed by atoms with Crippen LogP contribution in [-0.2, 0) is 13.1 Å². The minimum atomic E-state index is 0.742. The lowest BCUT2D eigenvalue weighted by Gasteiger charge is -2.36. The van der Waals surface area contributed by atoms with Gasteiger partial charge in [0.15, 0.2) is 5.96 Å². The van der Waals surface area contributed by atoms with Gasteiger partial charge in [-0.1, -0.05) is 24.3 Å². The maximum atomic E-state index is 4.49. The van der Waals surface area contributed by atoms with Crippen LogP contribution in [0.4, 0.5) is 5.95 Å². The Labute approximate surface area is 177 Å². The molecule has 8 heteroatoms. The van der Waals surface area contributed by atoms with E-state index in [0.29, 0.717) is 0 Å². The van der Waals surface area contributed by atoms with Gasteiger partial charge in [0.25, 0.3) is 0 Å². The first kappa shape index (κ1) is 19.9. The predicted octanol–water partition coefficient (Wildman–Crippen LogP) is 1.93. The minimum absolute atomic E-state index is 0.742. The largest absolute Gasteiger partial charge is 0.352 e. The lowest BCUT2D eigenvalue weighted by atomic mass is 10.1. The van der Waals surface area contributed by atoms with E-state index in [1.165, 1.54) is 11.1 Å². The number of imidazole rings is 1. The number of nitrogens with zero attached hydrogens (tertiary/aromatic N) is 7. The van der Waals surface area contributed by atoms with E-state index in [-0.39, 0.29) is 0 Å². The summed E-state index contributed by atoms with van der Waals surface area (Å²) in [6.45, 7) is 7.13. The molecule has 3 aromatic rings. The number of piperazine rings is 1. The summed E-state index contributed by atoms with van der Waals surface area (Å²) < 4.78 is 2.15. The second kappa shape index (κ2) is 9.39. The van der Waals surface area contributed by atoms with Crippen LogP contribution in [0.1, 0.15) is 17.0 Å². The molecule has 1 aromatic carbocycles. The summed E-state index contributed by atoms with van der Waals surface area (Å²) in [7, 11) is 1.84. The quantitative estimate of drug-likeness (QED) is 0.517. The van der Waals surface area contributed by atoms with Crippen LogP contribution in [0.3, 0.4) is 0 Å². The zero-order valence-electron chi connectivity index (χ0n) is 17.6. The molecule has 1 N–H and O–H groups in total. The Morgan fingerprint density at radius 3 is 2.47 bits per heavy atom. The van der Waals surface area contributed by atoms with Crippen molar-refractivity contribution in [3.8, 4) is 0 Å². The van der Waals surface area contributed by atoms with Crippen LogP contribution in [0.15, 0.2) is 60.1 Å². The molecule has 3 heterocycles. The summed E-state index contributed by atoms with van der Waals surface area (Å²) in [6, 6.07) is 10.5. The van der Waals surface area contributed by atoms with Gasteiger partial charge in [-0.3, -0.25) is 4.99 Å². The molecule has 1 aliphatic rings. The van der Waals surface area contributed by atoms with Gasteiger partial charge in [0.2, 0.25) is 5.95 Å². The molecule has 0 radical (unpaired) electrons. The van der Waals surface area contributed by atoms with E-state index in [0.717, 1.165) is 57.0 Å². The lowest BCUT2D eigenvalue weighted by Crippen LogP contribution is -2.52. The first-order chi connectivity index (χ1) is 14.7. The monoisotopic (exact) mass is 404 g/mol. The lowest BCUT2D eigenvalue weighted by molar-refractivity contribution is 0.370. The number of aromatic nitrogens is 4. The van der Waals surface area contributed by atoms with Crippen molar-refractivity contribution < 1.29 is 0 Å². The fourth-order valence-electron chi connectivity index (χ4n) is 3.69. The Hall–Kier alpha value is -3.42. The maximum Gasteiger partial charge on any atom is 0.225 e. The molecule has 0 spiro atoms. The van der Waals surface area contributed by atoms with E-state index in [2.05, 4.69) is 63.9 Å². The Morgan fingerprint density at radius 2 is 1.77 bits per heavy atom. The van der Waals surface area contributed by atoms with Crippen molar-refractivity contribution in [3.05, 3.63) is 72.1 Å². The number of guanidine groups is 1. The number of aliphatic imine (C=N–C) groups is 1. The molecule has 4 rings (SSSR count). The highest BCUT2D eigenvalue weighted by molar-refractivity contribution is 5.80. The van der Waals surface area contributed by atoms with Gasteiger partial charge in [-0.05, 0) is 24.1 Å². The van der Waals surface area contributed by atoms with Crippen molar-refractivity contribution in [3.63, 3.8) is 0 Å². The third kappa shape index (κ3) is 4.76. The second-order valence-corrected chi connectivity index (χ2v) is 7.35. The average Bonchev–Trinajstić information content (AvgIpc) is 3.20. The number of anilines is 1. The van der Waals surface area contributed by atoms with Gasteiger partial charge in [0.1, 0.15) is 5.82 Å². The predicted molar refractivity (Wildman–Crippen MR) is 119 cm³/mol. The van der Waals surface area contributed by atoms with Crippen molar-refractivity contribution >= 4 is 11.9 Å². The number of rotatable bonds is 5. The first-order valence-electron chi connectivity index (χ1n) is 10.3. The van der Waals surface area contributed by atoms with Crippen molar-refractivity contribution in [1.29, 1.82) is 0 Å². The van der Waals surface area contributed by atoms with Crippen molar-refractivity contribution in [2.45, 2.75) is 20.0 Å². The zero-order valence-corrected chi connectivity index (χ0v) is 17.6. The van der Waals surface area contributed by atoms with Crippen LogP contribution < -0.4 is 10.2 Å². The number of aryl methyl sites for hydroxylation is 1. The summed E-state index contributed by atoms with van der Waals surface area (Å²) in [5.74, 6) is 2.75. The van der Waals surface area contributed by atoms with Gasteiger partial charge in [-0.15, -0.1) is 0 Å². The molecule has 1 aliphatic heterocycles. The molecule has 0 unspecified atom stereocenters. The van der Waals surface area contributed by atoms with Crippen molar-refractivity contribution in [1.82, 2.24) is 29.7 Å². The number of hydrogen-bond acceptors (Lipinski definition) is 5. The smallest absolute Gasteiger partial charge is 0.225 e. The normalized spacial score (nSPS) is 14.8. The standard InChI is InChI=1S/C22H28N8/c1-18-24-9-10-30(18)17-20-6-3-5-19(15-20)16-27-21(23-2)28-11-13-29(14-12-28)22-25-7-4-8-26-22/h3-10,15H,11-14,16-17H2,1-2H3,(H,23,27). The van der Waals surface area contributed by atoms with E-state index in [1.54, 1.807) is 12.4 Å². The van der Waals surface area contributed by atoms with Crippen LogP contribution in [0.5, 0.6) is 0 Å².